The number of hydrogen-bond donors (Lipinski definition) is 0. The van der Waals surface area contributed by atoms with Crippen molar-refractivity contribution in [3.8, 4) is 0 Å². The lowest BCUT2D eigenvalue weighted by Crippen LogP contribution is -2.09. The second-order valence-corrected chi connectivity index (χ2v) is 4.74. The number of benzene rings is 1. The Morgan fingerprint density at radius 1 is 1.17 bits per heavy atom. The fourth-order valence-corrected chi connectivity index (χ4v) is 1.42. The quantitative estimate of drug-likeness (QED) is 0.618. The molecule has 0 unspecified atom stereocenters. The van der Waals surface area contributed by atoms with Gasteiger partial charge in [-0.1, -0.05) is 50.6 Å². The number of halogens is 1. The molecule has 0 aromatic heterocycles. The Kier molecular flexibility index (Phi) is 2.79. The van der Waals surface area contributed by atoms with E-state index in [0.29, 0.717) is 5.41 Å². The van der Waals surface area contributed by atoms with Gasteiger partial charge in [-0.25, -0.2) is 0 Å². The van der Waals surface area contributed by atoms with E-state index < -0.39 is 0 Å². The van der Waals surface area contributed by atoms with Gasteiger partial charge >= 0.3 is 0 Å². The molecule has 1 heteroatoms. The number of rotatable bonds is 1. The van der Waals surface area contributed by atoms with Gasteiger partial charge in [0.05, 0.1) is 0 Å². The first-order valence-electron chi connectivity index (χ1n) is 4.22. The van der Waals surface area contributed by atoms with Gasteiger partial charge in [-0.3, -0.25) is 0 Å². The molecule has 66 valence electrons. The van der Waals surface area contributed by atoms with Crippen LogP contribution in [0.4, 0.5) is 0 Å². The van der Waals surface area contributed by atoms with Gasteiger partial charge in [-0.2, -0.15) is 0 Å². The predicted molar refractivity (Wildman–Crippen MR) is 54.6 cm³/mol. The van der Waals surface area contributed by atoms with Crippen LogP contribution in [0.3, 0.4) is 0 Å². The van der Waals surface area contributed by atoms with Gasteiger partial charge in [0.25, 0.3) is 0 Å². The average molecular weight is 183 g/mol. The molecule has 0 spiro atoms. The highest BCUT2D eigenvalue weighted by Crippen LogP contribution is 2.25. The minimum Gasteiger partial charge on any atom is -0.0840 e. The first-order valence-corrected chi connectivity index (χ1v) is 4.60. The van der Waals surface area contributed by atoms with Crippen LogP contribution in [0.25, 0.3) is 0 Å². The van der Waals surface area contributed by atoms with Crippen LogP contribution < -0.4 is 0 Å². The summed E-state index contributed by atoms with van der Waals surface area (Å²) in [5.74, 6) is 0. The Hall–Kier alpha value is -0.490. The fourth-order valence-electron chi connectivity index (χ4n) is 1.21. The van der Waals surface area contributed by atoms with E-state index in [-0.39, 0.29) is 0 Å². The van der Waals surface area contributed by atoms with Gasteiger partial charge in [-0.05, 0) is 23.5 Å². The van der Waals surface area contributed by atoms with Crippen molar-refractivity contribution in [1.82, 2.24) is 0 Å². The fraction of sp³-hybridized carbons (Fsp3) is 0.455. The minimum absolute atomic E-state index is 0.311. The van der Waals surface area contributed by atoms with Gasteiger partial charge in [0.2, 0.25) is 0 Å². The van der Waals surface area contributed by atoms with Crippen molar-refractivity contribution in [3.63, 3.8) is 0 Å². The summed E-state index contributed by atoms with van der Waals surface area (Å²) in [7, 11) is 0. The van der Waals surface area contributed by atoms with Crippen molar-refractivity contribution in [3.05, 3.63) is 34.9 Å². The van der Waals surface area contributed by atoms with Crippen LogP contribution in [0.2, 0.25) is 5.02 Å². The van der Waals surface area contributed by atoms with Crippen molar-refractivity contribution in [2.45, 2.75) is 27.2 Å². The van der Waals surface area contributed by atoms with Crippen molar-refractivity contribution in [2.75, 3.05) is 0 Å². The molecule has 0 amide bonds. The second kappa shape index (κ2) is 3.49. The molecule has 1 aromatic rings. The lowest BCUT2D eigenvalue weighted by Gasteiger charge is -2.18. The summed E-state index contributed by atoms with van der Waals surface area (Å²) >= 11 is 6.03. The van der Waals surface area contributed by atoms with Gasteiger partial charge in [0, 0.05) is 5.02 Å². The largest absolute Gasteiger partial charge is 0.0840 e. The molecule has 0 bridgehead atoms. The predicted octanol–water partition coefficient (Wildman–Crippen LogP) is 3.93. The van der Waals surface area contributed by atoms with Gasteiger partial charge in [-0.15, -0.1) is 0 Å². The Balaban J connectivity index is 2.83. The Labute approximate surface area is 79.6 Å². The molecular weight excluding hydrogens is 168 g/mol. The van der Waals surface area contributed by atoms with E-state index in [4.69, 9.17) is 11.6 Å². The van der Waals surface area contributed by atoms with E-state index in [1.165, 1.54) is 5.56 Å². The molecule has 12 heavy (non-hydrogen) atoms. The van der Waals surface area contributed by atoms with Crippen LogP contribution in [0.1, 0.15) is 26.3 Å². The topological polar surface area (TPSA) is 0 Å². The maximum atomic E-state index is 6.03. The molecule has 0 N–H and O–H groups in total. The van der Waals surface area contributed by atoms with Gasteiger partial charge < -0.3 is 0 Å². The van der Waals surface area contributed by atoms with Crippen molar-refractivity contribution >= 4 is 11.6 Å². The minimum atomic E-state index is 0.311. The summed E-state index contributed by atoms with van der Waals surface area (Å²) in [5, 5.41) is 0.882. The van der Waals surface area contributed by atoms with E-state index in [9.17, 15) is 0 Å². The van der Waals surface area contributed by atoms with E-state index in [0.717, 1.165) is 11.4 Å². The van der Waals surface area contributed by atoms with E-state index in [1.807, 2.05) is 18.2 Å². The Morgan fingerprint density at radius 3 is 2.25 bits per heavy atom. The Morgan fingerprint density at radius 2 is 1.75 bits per heavy atom. The summed E-state index contributed by atoms with van der Waals surface area (Å²) in [6.07, 6.45) is 1.03. The van der Waals surface area contributed by atoms with Crippen molar-refractivity contribution in [2.24, 2.45) is 5.41 Å². The van der Waals surface area contributed by atoms with Gasteiger partial charge in [0.1, 0.15) is 0 Å². The lowest BCUT2D eigenvalue weighted by atomic mass is 9.88. The van der Waals surface area contributed by atoms with Crippen LogP contribution >= 0.6 is 11.6 Å². The molecule has 0 aliphatic heterocycles. The third-order valence-electron chi connectivity index (χ3n) is 1.68. The zero-order valence-electron chi connectivity index (χ0n) is 7.89. The highest BCUT2D eigenvalue weighted by molar-refractivity contribution is 6.31. The van der Waals surface area contributed by atoms with Crippen LogP contribution in [0, 0.1) is 5.41 Å². The molecule has 0 fully saturated rings. The molecule has 1 rings (SSSR count). The first kappa shape index (κ1) is 9.60. The zero-order chi connectivity index (χ0) is 9.19. The molecule has 0 saturated carbocycles. The summed E-state index contributed by atoms with van der Waals surface area (Å²) in [6, 6.07) is 8.04. The van der Waals surface area contributed by atoms with Crippen LogP contribution in [0.5, 0.6) is 0 Å². The summed E-state index contributed by atoms with van der Waals surface area (Å²) in [4.78, 5) is 0. The monoisotopic (exact) mass is 182 g/mol. The van der Waals surface area contributed by atoms with E-state index in [2.05, 4.69) is 26.8 Å². The highest BCUT2D eigenvalue weighted by atomic mass is 35.5. The SMILES string of the molecule is CC(C)(C)Cc1ccccc1Cl. The molecule has 0 aliphatic carbocycles. The highest BCUT2D eigenvalue weighted by Gasteiger charge is 2.12. The zero-order valence-corrected chi connectivity index (χ0v) is 8.65. The third kappa shape index (κ3) is 2.86. The smallest absolute Gasteiger partial charge is 0.0438 e. The van der Waals surface area contributed by atoms with Crippen LogP contribution in [-0.2, 0) is 6.42 Å². The van der Waals surface area contributed by atoms with Crippen molar-refractivity contribution < 1.29 is 0 Å². The van der Waals surface area contributed by atoms with Gasteiger partial charge in [0.15, 0.2) is 0 Å². The van der Waals surface area contributed by atoms with Crippen molar-refractivity contribution in [1.29, 1.82) is 0 Å². The Bertz CT molecular complexity index is 258. The van der Waals surface area contributed by atoms with E-state index >= 15 is 0 Å². The van der Waals surface area contributed by atoms with E-state index in [1.54, 1.807) is 0 Å². The molecule has 0 aliphatic rings. The first-order chi connectivity index (χ1) is 5.49. The second-order valence-electron chi connectivity index (χ2n) is 4.33. The normalized spacial score (nSPS) is 11.7. The third-order valence-corrected chi connectivity index (χ3v) is 2.05. The molecule has 0 nitrogen and oxygen atoms in total. The molecule has 0 heterocycles. The standard InChI is InChI=1S/C11H15Cl/c1-11(2,3)8-9-6-4-5-7-10(9)12/h4-7H,8H2,1-3H3. The summed E-state index contributed by atoms with van der Waals surface area (Å²) in [5.41, 5.74) is 1.55. The summed E-state index contributed by atoms with van der Waals surface area (Å²) in [6.45, 7) is 6.66. The van der Waals surface area contributed by atoms with Crippen LogP contribution in [-0.4, -0.2) is 0 Å². The lowest BCUT2D eigenvalue weighted by molar-refractivity contribution is 0.411. The maximum Gasteiger partial charge on any atom is 0.0438 e. The molecule has 1 aromatic carbocycles. The summed E-state index contributed by atoms with van der Waals surface area (Å²) < 4.78 is 0. The molecule has 0 saturated heterocycles. The average Bonchev–Trinajstić information content (AvgIpc) is 1.91. The molecule has 0 radical (unpaired) electrons. The number of hydrogen-bond acceptors (Lipinski definition) is 0. The molecular formula is C11H15Cl. The van der Waals surface area contributed by atoms with Crippen LogP contribution in [0.15, 0.2) is 24.3 Å². The molecule has 0 atom stereocenters. The maximum absolute atomic E-state index is 6.03.